The summed E-state index contributed by atoms with van der Waals surface area (Å²) in [5.41, 5.74) is 3.18. The number of nitrogens with zero attached hydrogens (tertiary/aromatic N) is 2. The van der Waals surface area contributed by atoms with Crippen molar-refractivity contribution < 1.29 is 9.59 Å². The largest absolute Gasteiger partial charge is 0.352 e. The smallest absolute Gasteiger partial charge is 0.274 e. The summed E-state index contributed by atoms with van der Waals surface area (Å²) in [7, 11) is 0. The van der Waals surface area contributed by atoms with Gasteiger partial charge < -0.3 is 5.32 Å². The van der Waals surface area contributed by atoms with Crippen LogP contribution in [0.1, 0.15) is 59.1 Å². The van der Waals surface area contributed by atoms with E-state index in [0.717, 1.165) is 30.4 Å². The van der Waals surface area contributed by atoms with Crippen LogP contribution in [0.4, 0.5) is 0 Å². The Labute approximate surface area is 232 Å². The van der Waals surface area contributed by atoms with Crippen molar-refractivity contribution in [1.29, 1.82) is 0 Å². The molecule has 0 spiro atoms. The second-order valence-electron chi connectivity index (χ2n) is 10.5. The fourth-order valence-electron chi connectivity index (χ4n) is 6.49. The summed E-state index contributed by atoms with van der Waals surface area (Å²) in [5, 5.41) is 10.4. The number of carbonyl (C=O) groups is 2. The number of halogens is 2. The molecular formula is C31H29Cl2N3O2. The first-order valence-corrected chi connectivity index (χ1v) is 14.0. The van der Waals surface area contributed by atoms with E-state index in [4.69, 9.17) is 28.3 Å². The molecule has 1 N–H and O–H groups in total. The molecule has 5 nitrogen and oxygen atoms in total. The fourth-order valence-corrected chi connectivity index (χ4v) is 7.09. The van der Waals surface area contributed by atoms with E-state index >= 15 is 0 Å². The lowest BCUT2D eigenvalue weighted by atomic mass is 9.64. The number of nitrogens with one attached hydrogen (secondary N) is 1. The van der Waals surface area contributed by atoms with Gasteiger partial charge in [0.1, 0.15) is 0 Å². The lowest BCUT2D eigenvalue weighted by molar-refractivity contribution is -0.128. The van der Waals surface area contributed by atoms with E-state index < -0.39 is 12.0 Å². The van der Waals surface area contributed by atoms with E-state index in [1.165, 1.54) is 5.01 Å². The zero-order valence-electron chi connectivity index (χ0n) is 20.8. The molecule has 3 aromatic rings. The van der Waals surface area contributed by atoms with Crippen LogP contribution in [-0.2, 0) is 4.79 Å². The van der Waals surface area contributed by atoms with Gasteiger partial charge in [0.25, 0.3) is 5.91 Å². The van der Waals surface area contributed by atoms with Gasteiger partial charge in [0.2, 0.25) is 5.91 Å². The predicted molar refractivity (Wildman–Crippen MR) is 150 cm³/mol. The molecule has 6 atom stereocenters. The fraction of sp³-hybridized carbons (Fsp3) is 0.323. The quantitative estimate of drug-likeness (QED) is 0.376. The highest BCUT2D eigenvalue weighted by Gasteiger charge is 2.51. The molecule has 1 aliphatic carbocycles. The summed E-state index contributed by atoms with van der Waals surface area (Å²) in [4.78, 5) is 27.5. The first kappa shape index (κ1) is 25.1. The maximum Gasteiger partial charge on any atom is 0.274 e. The highest BCUT2D eigenvalue weighted by atomic mass is 35.5. The number of piperidine rings is 1. The van der Waals surface area contributed by atoms with E-state index in [0.29, 0.717) is 22.7 Å². The van der Waals surface area contributed by atoms with Crippen molar-refractivity contribution in [2.75, 3.05) is 0 Å². The monoisotopic (exact) mass is 545 g/mol. The van der Waals surface area contributed by atoms with E-state index in [2.05, 4.69) is 17.4 Å². The van der Waals surface area contributed by atoms with Crippen molar-refractivity contribution >= 4 is 40.7 Å². The highest BCUT2D eigenvalue weighted by molar-refractivity contribution is 6.31. The molecule has 7 heteroatoms. The number of carbonyl (C=O) groups excluding carboxylic acids is 2. The first-order valence-electron chi connectivity index (χ1n) is 13.2. The molecule has 2 heterocycles. The van der Waals surface area contributed by atoms with Gasteiger partial charge in [-0.1, -0.05) is 78.3 Å². The Kier molecular flexibility index (Phi) is 6.98. The molecule has 2 fully saturated rings. The molecule has 0 aromatic heterocycles. The van der Waals surface area contributed by atoms with Crippen molar-refractivity contribution in [1.82, 2.24) is 10.3 Å². The first-order chi connectivity index (χ1) is 18.5. The predicted octanol–water partition coefficient (Wildman–Crippen LogP) is 6.59. The number of alkyl halides is 1. The summed E-state index contributed by atoms with van der Waals surface area (Å²) in [6, 6.07) is 26.6. The Bertz CT molecular complexity index is 1360. The standard InChI is InChI=1S/C31H29Cl2N3O2/c32-21-15-16-25-23(17-21)28(19-9-3-1-4-10-19)29(30(37)34-25)26-18-27(22-13-7-8-14-24(22)33)36(35-26)31(38)20-11-5-2-6-12-20/h1-14,21,23,25,27-29H,15-18H2,(H,34,37). The van der Waals surface area contributed by atoms with Crippen LogP contribution in [0.15, 0.2) is 90.0 Å². The molecule has 6 unspecified atom stereocenters. The summed E-state index contributed by atoms with van der Waals surface area (Å²) < 4.78 is 0. The van der Waals surface area contributed by atoms with Crippen LogP contribution in [0.3, 0.4) is 0 Å². The lowest BCUT2D eigenvalue weighted by Gasteiger charge is -2.46. The molecule has 38 heavy (non-hydrogen) atoms. The van der Waals surface area contributed by atoms with Gasteiger partial charge in [-0.05, 0) is 54.5 Å². The van der Waals surface area contributed by atoms with Gasteiger partial charge >= 0.3 is 0 Å². The number of hydrogen-bond acceptors (Lipinski definition) is 3. The molecular weight excluding hydrogens is 517 g/mol. The molecule has 6 rings (SSSR count). The Morgan fingerprint density at radius 2 is 1.61 bits per heavy atom. The number of benzene rings is 3. The summed E-state index contributed by atoms with van der Waals surface area (Å²) in [5.74, 6) is -0.627. The second kappa shape index (κ2) is 10.5. The molecule has 0 bridgehead atoms. The van der Waals surface area contributed by atoms with Gasteiger partial charge in [-0.15, -0.1) is 11.6 Å². The summed E-state index contributed by atoms with van der Waals surface area (Å²) in [6.45, 7) is 0. The molecule has 1 saturated carbocycles. The van der Waals surface area contributed by atoms with Crippen LogP contribution in [0.2, 0.25) is 5.02 Å². The molecule has 194 valence electrons. The highest BCUT2D eigenvalue weighted by Crippen LogP contribution is 2.48. The Morgan fingerprint density at radius 1 is 0.921 bits per heavy atom. The van der Waals surface area contributed by atoms with E-state index in [9.17, 15) is 9.59 Å². The van der Waals surface area contributed by atoms with E-state index in [1.807, 2.05) is 60.7 Å². The molecule has 2 aliphatic heterocycles. The molecule has 3 aliphatic rings. The van der Waals surface area contributed by atoms with Crippen molar-refractivity contribution in [2.24, 2.45) is 16.9 Å². The van der Waals surface area contributed by atoms with Crippen LogP contribution < -0.4 is 5.32 Å². The Morgan fingerprint density at radius 3 is 2.34 bits per heavy atom. The van der Waals surface area contributed by atoms with Crippen molar-refractivity contribution in [3.63, 3.8) is 0 Å². The number of fused-ring (bicyclic) bond motifs is 1. The van der Waals surface area contributed by atoms with Crippen molar-refractivity contribution in [3.8, 4) is 0 Å². The Balaban J connectivity index is 1.44. The average Bonchev–Trinajstić information content (AvgIpc) is 3.38. The lowest BCUT2D eigenvalue weighted by Crippen LogP contribution is -2.57. The van der Waals surface area contributed by atoms with Crippen molar-refractivity contribution in [2.45, 2.75) is 49.1 Å². The van der Waals surface area contributed by atoms with Gasteiger partial charge in [0.05, 0.1) is 17.7 Å². The van der Waals surface area contributed by atoms with Crippen LogP contribution in [0.5, 0.6) is 0 Å². The van der Waals surface area contributed by atoms with E-state index in [1.54, 1.807) is 12.1 Å². The topological polar surface area (TPSA) is 61.8 Å². The maximum atomic E-state index is 13.8. The minimum absolute atomic E-state index is 0.0289. The third kappa shape index (κ3) is 4.63. The van der Waals surface area contributed by atoms with Gasteiger partial charge in [-0.2, -0.15) is 5.10 Å². The number of rotatable bonds is 4. The third-order valence-corrected chi connectivity index (χ3v) is 8.98. The van der Waals surface area contributed by atoms with E-state index in [-0.39, 0.29) is 35.1 Å². The molecule has 2 amide bonds. The van der Waals surface area contributed by atoms with Crippen LogP contribution >= 0.6 is 23.2 Å². The molecule has 3 aromatic carbocycles. The minimum Gasteiger partial charge on any atom is -0.352 e. The molecule has 1 saturated heterocycles. The van der Waals surface area contributed by atoms with Gasteiger partial charge in [-0.25, -0.2) is 5.01 Å². The maximum absolute atomic E-state index is 13.8. The van der Waals surface area contributed by atoms with Gasteiger partial charge in [-0.3, -0.25) is 9.59 Å². The van der Waals surface area contributed by atoms with Gasteiger partial charge in [0, 0.05) is 34.3 Å². The van der Waals surface area contributed by atoms with Crippen LogP contribution in [0.25, 0.3) is 0 Å². The normalized spacial score (nSPS) is 28.8. The number of amides is 2. The number of hydrazone groups is 1. The van der Waals surface area contributed by atoms with Crippen LogP contribution in [0, 0.1) is 11.8 Å². The van der Waals surface area contributed by atoms with Crippen LogP contribution in [-0.4, -0.2) is 34.0 Å². The Hall–Kier alpha value is -3.15. The second-order valence-corrected chi connectivity index (χ2v) is 11.5. The SMILES string of the molecule is O=C1NC2CCC(Cl)CC2C(c2ccccc2)C1C1=NN(C(=O)c2ccccc2)C(c2ccccc2Cl)C1. The van der Waals surface area contributed by atoms with Gasteiger partial charge in [0.15, 0.2) is 0 Å². The zero-order valence-corrected chi connectivity index (χ0v) is 22.4. The summed E-state index contributed by atoms with van der Waals surface area (Å²) in [6.07, 6.45) is 3.03. The zero-order chi connectivity index (χ0) is 26.2. The minimum atomic E-state index is -0.501. The third-order valence-electron chi connectivity index (χ3n) is 8.24. The van der Waals surface area contributed by atoms with Crippen molar-refractivity contribution in [3.05, 3.63) is 107 Å². The molecule has 0 radical (unpaired) electrons. The summed E-state index contributed by atoms with van der Waals surface area (Å²) >= 11 is 13.3. The average molecular weight is 546 g/mol. The number of hydrogen-bond donors (Lipinski definition) is 1.